The van der Waals surface area contributed by atoms with Gasteiger partial charge in [-0.3, -0.25) is 4.79 Å². The number of benzene rings is 1. The van der Waals surface area contributed by atoms with E-state index in [1.54, 1.807) is 0 Å². The van der Waals surface area contributed by atoms with Crippen molar-refractivity contribution < 1.29 is 28.9 Å². The molecule has 162 valence electrons. The van der Waals surface area contributed by atoms with E-state index >= 15 is 0 Å². The summed E-state index contributed by atoms with van der Waals surface area (Å²) in [6.07, 6.45) is 3.94. The topological polar surface area (TPSA) is 76.8 Å². The van der Waals surface area contributed by atoms with Crippen LogP contribution in [0.4, 0.5) is 4.79 Å². The van der Waals surface area contributed by atoms with Crippen LogP contribution in [0.3, 0.4) is 0 Å². The molecule has 3 aliphatic heterocycles. The van der Waals surface area contributed by atoms with E-state index in [0.717, 1.165) is 69.9 Å². The maximum Gasteiger partial charge on any atom is 0.329 e. The highest BCUT2D eigenvalue weighted by Crippen LogP contribution is 2.37. The lowest BCUT2D eigenvalue weighted by atomic mass is 9.73. The number of rotatable bonds is 4. The average molecular weight is 417 g/mol. The zero-order valence-corrected chi connectivity index (χ0v) is 17.7. The van der Waals surface area contributed by atoms with Crippen LogP contribution in [0.15, 0.2) is 18.2 Å². The minimum absolute atomic E-state index is 0.00216. The summed E-state index contributed by atoms with van der Waals surface area (Å²) in [7, 11) is 0. The minimum Gasteiger partial charge on any atom is -0.454 e. The average Bonchev–Trinajstić information content (AvgIpc) is 3.30. The van der Waals surface area contributed by atoms with E-state index in [9.17, 15) is 9.59 Å². The molecule has 2 atom stereocenters. The maximum atomic E-state index is 13.2. The van der Waals surface area contributed by atoms with Gasteiger partial charge < -0.3 is 24.6 Å². The Labute approximate surface area is 177 Å². The molecule has 8 nitrogen and oxygen atoms in total. The number of nitrogens with one attached hydrogen (secondary N) is 3. The summed E-state index contributed by atoms with van der Waals surface area (Å²) in [5, 5.41) is 3.07. The fraction of sp³-hybridized carbons (Fsp3) is 0.636. The SMILES string of the molecule is C[C@H]1CCCC[C@@]12NC(=O)N(C[NH+]1CC[NH+](Cc3ccc4c(c3)OCO4)CC1)C2=O. The minimum atomic E-state index is -0.652. The van der Waals surface area contributed by atoms with E-state index in [1.807, 2.05) is 6.07 Å². The van der Waals surface area contributed by atoms with Gasteiger partial charge in [-0.1, -0.05) is 19.8 Å². The molecule has 1 spiro atoms. The van der Waals surface area contributed by atoms with Gasteiger partial charge in [0.25, 0.3) is 5.91 Å². The van der Waals surface area contributed by atoms with E-state index in [4.69, 9.17) is 9.47 Å². The molecule has 3 N–H and O–H groups in total. The van der Waals surface area contributed by atoms with Crippen molar-refractivity contribution in [1.82, 2.24) is 10.2 Å². The number of nitrogens with zero attached hydrogens (tertiary/aromatic N) is 1. The Hall–Kier alpha value is -2.32. The molecule has 3 fully saturated rings. The molecule has 3 amide bonds. The number of ether oxygens (including phenoxy) is 2. The first kappa shape index (κ1) is 19.6. The fourth-order valence-electron chi connectivity index (χ4n) is 5.49. The van der Waals surface area contributed by atoms with Crippen LogP contribution in [-0.4, -0.2) is 62.0 Å². The molecule has 0 bridgehead atoms. The van der Waals surface area contributed by atoms with Crippen molar-refractivity contribution in [3.63, 3.8) is 0 Å². The number of carbonyl (C=O) groups is 2. The summed E-state index contributed by atoms with van der Waals surface area (Å²) in [5.41, 5.74) is 0.598. The first-order valence-electron chi connectivity index (χ1n) is 11.2. The van der Waals surface area contributed by atoms with E-state index in [-0.39, 0.29) is 17.9 Å². The van der Waals surface area contributed by atoms with Gasteiger partial charge in [0.15, 0.2) is 18.2 Å². The largest absolute Gasteiger partial charge is 0.454 e. The summed E-state index contributed by atoms with van der Waals surface area (Å²) < 4.78 is 10.9. The lowest BCUT2D eigenvalue weighted by Crippen LogP contribution is -3.28. The molecule has 1 aromatic carbocycles. The maximum absolute atomic E-state index is 13.2. The number of imide groups is 1. The van der Waals surface area contributed by atoms with Crippen molar-refractivity contribution in [3.05, 3.63) is 23.8 Å². The first-order valence-corrected chi connectivity index (χ1v) is 11.2. The number of piperazine rings is 1. The van der Waals surface area contributed by atoms with Crippen LogP contribution in [-0.2, 0) is 11.3 Å². The Morgan fingerprint density at radius 3 is 2.67 bits per heavy atom. The molecule has 3 heterocycles. The number of quaternary nitrogens is 2. The zero-order valence-electron chi connectivity index (χ0n) is 17.7. The van der Waals surface area contributed by atoms with E-state index in [1.165, 1.54) is 20.3 Å². The van der Waals surface area contributed by atoms with Crippen molar-refractivity contribution in [2.45, 2.75) is 44.7 Å². The number of hydrogen-bond donors (Lipinski definition) is 3. The van der Waals surface area contributed by atoms with E-state index in [2.05, 4.69) is 24.4 Å². The second-order valence-electron chi connectivity index (χ2n) is 9.30. The molecule has 2 saturated heterocycles. The Balaban J connectivity index is 1.15. The molecule has 30 heavy (non-hydrogen) atoms. The van der Waals surface area contributed by atoms with E-state index < -0.39 is 5.54 Å². The Kier molecular flexibility index (Phi) is 5.06. The third-order valence-corrected chi connectivity index (χ3v) is 7.44. The van der Waals surface area contributed by atoms with Gasteiger partial charge in [0.05, 0.1) is 0 Å². The summed E-state index contributed by atoms with van der Waals surface area (Å²) in [5.74, 6) is 1.87. The summed E-state index contributed by atoms with van der Waals surface area (Å²) >= 11 is 0. The Morgan fingerprint density at radius 1 is 1.10 bits per heavy atom. The molecule has 0 radical (unpaired) electrons. The highest BCUT2D eigenvalue weighted by atomic mass is 16.7. The summed E-state index contributed by atoms with van der Waals surface area (Å²) in [6.45, 7) is 7.80. The van der Waals surface area contributed by atoms with Crippen LogP contribution < -0.4 is 24.6 Å². The summed E-state index contributed by atoms with van der Waals surface area (Å²) in [6, 6.07) is 5.97. The Bertz CT molecular complexity index is 838. The number of amides is 3. The molecule has 0 unspecified atom stereocenters. The quantitative estimate of drug-likeness (QED) is 0.560. The zero-order chi connectivity index (χ0) is 20.7. The number of urea groups is 1. The van der Waals surface area contributed by atoms with Crippen molar-refractivity contribution in [2.75, 3.05) is 39.6 Å². The van der Waals surface area contributed by atoms with Crippen LogP contribution in [0.1, 0.15) is 38.2 Å². The second kappa shape index (κ2) is 7.74. The van der Waals surface area contributed by atoms with E-state index in [0.29, 0.717) is 13.5 Å². The molecule has 0 aromatic heterocycles. The van der Waals surface area contributed by atoms with Crippen molar-refractivity contribution in [1.29, 1.82) is 0 Å². The van der Waals surface area contributed by atoms with Gasteiger partial charge in [-0.25, -0.2) is 9.69 Å². The number of carbonyl (C=O) groups excluding carboxylic acids is 2. The predicted molar refractivity (Wildman–Crippen MR) is 108 cm³/mol. The number of hydrogen-bond acceptors (Lipinski definition) is 4. The molecule has 1 aliphatic carbocycles. The van der Waals surface area contributed by atoms with Crippen LogP contribution in [0, 0.1) is 5.92 Å². The second-order valence-corrected chi connectivity index (χ2v) is 9.30. The highest BCUT2D eigenvalue weighted by molar-refractivity contribution is 6.07. The van der Waals surface area contributed by atoms with Crippen LogP contribution in [0.2, 0.25) is 0 Å². The normalized spacial score (nSPS) is 33.2. The number of fused-ring (bicyclic) bond motifs is 1. The fourth-order valence-corrected chi connectivity index (χ4v) is 5.49. The van der Waals surface area contributed by atoms with Gasteiger partial charge in [-0.05, 0) is 37.0 Å². The lowest BCUT2D eigenvalue weighted by molar-refractivity contribution is -1.02. The lowest BCUT2D eigenvalue weighted by Gasteiger charge is -2.37. The van der Waals surface area contributed by atoms with Gasteiger partial charge in [0, 0.05) is 5.56 Å². The van der Waals surface area contributed by atoms with Crippen molar-refractivity contribution in [2.24, 2.45) is 5.92 Å². The molecule has 1 aromatic rings. The molecule has 8 heteroatoms. The smallest absolute Gasteiger partial charge is 0.329 e. The van der Waals surface area contributed by atoms with Gasteiger partial charge in [0.1, 0.15) is 38.3 Å². The van der Waals surface area contributed by atoms with Gasteiger partial charge in [0.2, 0.25) is 6.79 Å². The first-order chi connectivity index (χ1) is 14.5. The Morgan fingerprint density at radius 2 is 1.87 bits per heavy atom. The van der Waals surface area contributed by atoms with Crippen LogP contribution in [0.25, 0.3) is 0 Å². The molecular weight excluding hydrogens is 384 g/mol. The highest BCUT2D eigenvalue weighted by Gasteiger charge is 2.55. The molecule has 4 aliphatic rings. The van der Waals surface area contributed by atoms with Crippen LogP contribution in [0.5, 0.6) is 11.5 Å². The van der Waals surface area contributed by atoms with Crippen molar-refractivity contribution in [3.8, 4) is 11.5 Å². The van der Waals surface area contributed by atoms with Crippen LogP contribution >= 0.6 is 0 Å². The summed E-state index contributed by atoms with van der Waals surface area (Å²) in [4.78, 5) is 30.1. The van der Waals surface area contributed by atoms with Crippen molar-refractivity contribution >= 4 is 11.9 Å². The van der Waals surface area contributed by atoms with Gasteiger partial charge >= 0.3 is 6.03 Å². The van der Waals surface area contributed by atoms with Gasteiger partial charge in [-0.15, -0.1) is 0 Å². The predicted octanol–water partition coefficient (Wildman–Crippen LogP) is -0.843. The van der Waals surface area contributed by atoms with Gasteiger partial charge in [-0.2, -0.15) is 0 Å². The molecule has 1 saturated carbocycles. The third kappa shape index (κ3) is 3.41. The third-order valence-electron chi connectivity index (χ3n) is 7.44. The molecular formula is C22H32N4O4+2. The monoisotopic (exact) mass is 416 g/mol. The molecule has 5 rings (SSSR count). The standard InChI is InChI=1S/C22H30N4O4/c1-16-4-2-3-7-22(16)20(27)26(21(28)23-22)14-25-10-8-24(9-11-25)13-17-5-6-18-19(12-17)30-15-29-18/h5-6,12,16H,2-4,7-11,13-15H2,1H3,(H,23,28)/p+2/t16-,22+/m0/s1.